The molecule has 0 unspecified atom stereocenters. The summed E-state index contributed by atoms with van der Waals surface area (Å²) in [6, 6.07) is 9.01. The molecule has 15 heavy (non-hydrogen) atoms. The largest absolute Gasteiger partial charge is 0.273 e. The molecule has 1 N–H and O–H groups in total. The number of hydrogen-bond donors (Lipinski definition) is 1. The quantitative estimate of drug-likeness (QED) is 0.707. The molecule has 0 bridgehead atoms. The van der Waals surface area contributed by atoms with Crippen LogP contribution in [0.25, 0.3) is 0 Å². The Bertz CT molecular complexity index is 349. The number of hydrogen-bond acceptors (Lipinski definition) is 2. The molecule has 1 aliphatic heterocycles. The van der Waals surface area contributed by atoms with Gasteiger partial charge in [-0.15, -0.1) is 0 Å². The summed E-state index contributed by atoms with van der Waals surface area (Å²) in [7, 11) is 0. The van der Waals surface area contributed by atoms with Crippen LogP contribution >= 0.6 is 0 Å². The van der Waals surface area contributed by atoms with Crippen molar-refractivity contribution < 1.29 is 9.59 Å². The molecular formula is C11H14N2O2. The van der Waals surface area contributed by atoms with E-state index in [0.29, 0.717) is 5.69 Å². The summed E-state index contributed by atoms with van der Waals surface area (Å²) in [5.41, 5.74) is 3.16. The number of carbonyl (C=O) groups is 2. The second-order valence-electron chi connectivity index (χ2n) is 2.78. The van der Waals surface area contributed by atoms with Crippen LogP contribution in [0.1, 0.15) is 20.3 Å². The van der Waals surface area contributed by atoms with Gasteiger partial charge >= 0.3 is 0 Å². The Morgan fingerprint density at radius 2 is 1.73 bits per heavy atom. The van der Waals surface area contributed by atoms with E-state index in [2.05, 4.69) is 5.43 Å². The fourth-order valence-corrected chi connectivity index (χ4v) is 1.23. The molecule has 2 rings (SSSR count). The molecule has 1 aromatic carbocycles. The van der Waals surface area contributed by atoms with Crippen molar-refractivity contribution in [3.63, 3.8) is 0 Å². The minimum atomic E-state index is -0.256. The lowest BCUT2D eigenvalue weighted by atomic mass is 10.3. The van der Waals surface area contributed by atoms with Gasteiger partial charge in [0.25, 0.3) is 5.91 Å². The highest BCUT2D eigenvalue weighted by Gasteiger charge is 2.27. The van der Waals surface area contributed by atoms with Crippen LogP contribution in [-0.2, 0) is 9.59 Å². The summed E-state index contributed by atoms with van der Waals surface area (Å²) in [4.78, 5) is 22.1. The molecular weight excluding hydrogens is 192 g/mol. The van der Waals surface area contributed by atoms with E-state index in [-0.39, 0.29) is 18.2 Å². The van der Waals surface area contributed by atoms with Gasteiger partial charge in [-0.3, -0.25) is 15.0 Å². The lowest BCUT2D eigenvalue weighted by Crippen LogP contribution is -2.35. The molecule has 1 fully saturated rings. The molecule has 0 aromatic heterocycles. The zero-order chi connectivity index (χ0) is 11.3. The Morgan fingerprint density at radius 1 is 1.13 bits per heavy atom. The van der Waals surface area contributed by atoms with Crippen LogP contribution in [0.3, 0.4) is 0 Å². The number of anilines is 1. The van der Waals surface area contributed by atoms with Crippen molar-refractivity contribution >= 4 is 17.5 Å². The minimum absolute atomic E-state index is 0.0606. The van der Waals surface area contributed by atoms with Gasteiger partial charge in [0.2, 0.25) is 5.91 Å². The van der Waals surface area contributed by atoms with E-state index in [1.807, 2.05) is 32.0 Å². The van der Waals surface area contributed by atoms with Gasteiger partial charge in [-0.2, -0.15) is 0 Å². The highest BCUT2D eigenvalue weighted by molar-refractivity contribution is 6.11. The maximum Gasteiger partial charge on any atom is 0.255 e. The Morgan fingerprint density at radius 3 is 2.20 bits per heavy atom. The fraction of sp³-hybridized carbons (Fsp3) is 0.273. The maximum atomic E-state index is 11.2. The zero-order valence-electron chi connectivity index (χ0n) is 8.86. The van der Waals surface area contributed by atoms with E-state index in [1.165, 1.54) is 5.01 Å². The lowest BCUT2D eigenvalue weighted by molar-refractivity contribution is -0.122. The lowest BCUT2D eigenvalue weighted by Gasteiger charge is -2.14. The minimum Gasteiger partial charge on any atom is -0.273 e. The molecule has 1 heterocycles. The van der Waals surface area contributed by atoms with E-state index < -0.39 is 0 Å². The van der Waals surface area contributed by atoms with Crippen molar-refractivity contribution in [2.75, 3.05) is 5.01 Å². The molecule has 1 aromatic rings. The van der Waals surface area contributed by atoms with Gasteiger partial charge in [-0.1, -0.05) is 32.0 Å². The molecule has 1 aliphatic rings. The third-order valence-corrected chi connectivity index (χ3v) is 1.81. The summed E-state index contributed by atoms with van der Waals surface area (Å²) in [6.45, 7) is 4.00. The van der Waals surface area contributed by atoms with Crippen molar-refractivity contribution in [2.45, 2.75) is 20.3 Å². The first-order chi connectivity index (χ1) is 7.27. The zero-order valence-corrected chi connectivity index (χ0v) is 8.86. The van der Waals surface area contributed by atoms with Crippen LogP contribution in [0.15, 0.2) is 30.3 Å². The number of amides is 2. The fourth-order valence-electron chi connectivity index (χ4n) is 1.23. The molecule has 2 amide bonds. The normalized spacial score (nSPS) is 14.4. The summed E-state index contributed by atoms with van der Waals surface area (Å²) in [5, 5.41) is 1.27. The monoisotopic (exact) mass is 206 g/mol. The van der Waals surface area contributed by atoms with E-state index in [0.717, 1.165) is 0 Å². The highest BCUT2D eigenvalue weighted by atomic mass is 16.2. The Labute approximate surface area is 88.9 Å². The van der Waals surface area contributed by atoms with Gasteiger partial charge in [0.05, 0.1) is 5.69 Å². The molecule has 0 saturated carbocycles. The Kier molecular flexibility index (Phi) is 3.85. The van der Waals surface area contributed by atoms with Crippen molar-refractivity contribution in [1.82, 2.24) is 5.43 Å². The van der Waals surface area contributed by atoms with Crippen molar-refractivity contribution in [1.29, 1.82) is 0 Å². The Balaban J connectivity index is 0.000000531. The second-order valence-corrected chi connectivity index (χ2v) is 2.78. The maximum absolute atomic E-state index is 11.2. The molecule has 80 valence electrons. The van der Waals surface area contributed by atoms with Gasteiger partial charge in [0.15, 0.2) is 0 Å². The van der Waals surface area contributed by atoms with Gasteiger partial charge in [-0.25, -0.2) is 5.01 Å². The molecule has 0 atom stereocenters. The van der Waals surface area contributed by atoms with Crippen LogP contribution in [0, 0.1) is 0 Å². The molecule has 0 spiro atoms. The summed E-state index contributed by atoms with van der Waals surface area (Å²) < 4.78 is 0. The second kappa shape index (κ2) is 5.14. The highest BCUT2D eigenvalue weighted by Crippen LogP contribution is 2.15. The standard InChI is InChI=1S/C9H8N2O2.C2H6/c12-8-6-9(13)11(10-8)7-4-2-1-3-5-7;1-2/h1-5H,6H2,(H,10,12);1-2H3. The summed E-state index contributed by atoms with van der Waals surface area (Å²) in [6.07, 6.45) is -0.0606. The predicted molar refractivity (Wildman–Crippen MR) is 58.0 cm³/mol. The van der Waals surface area contributed by atoms with Gasteiger partial charge in [0, 0.05) is 0 Å². The molecule has 0 radical (unpaired) electrons. The van der Waals surface area contributed by atoms with E-state index >= 15 is 0 Å². The van der Waals surface area contributed by atoms with E-state index in [1.54, 1.807) is 12.1 Å². The Hall–Kier alpha value is -1.84. The number of nitrogens with one attached hydrogen (secondary N) is 1. The number of hydrazine groups is 1. The third kappa shape index (κ3) is 2.56. The molecule has 1 saturated heterocycles. The van der Waals surface area contributed by atoms with E-state index in [9.17, 15) is 9.59 Å². The molecule has 4 heteroatoms. The van der Waals surface area contributed by atoms with Crippen LogP contribution in [0.4, 0.5) is 5.69 Å². The average Bonchev–Trinajstić information content (AvgIpc) is 2.62. The number of rotatable bonds is 1. The van der Waals surface area contributed by atoms with Gasteiger partial charge < -0.3 is 0 Å². The van der Waals surface area contributed by atoms with E-state index in [4.69, 9.17) is 0 Å². The van der Waals surface area contributed by atoms with Crippen LogP contribution in [-0.4, -0.2) is 11.8 Å². The van der Waals surface area contributed by atoms with Crippen molar-refractivity contribution in [2.24, 2.45) is 0 Å². The summed E-state index contributed by atoms with van der Waals surface area (Å²) >= 11 is 0. The first-order valence-electron chi connectivity index (χ1n) is 4.95. The van der Waals surface area contributed by atoms with Gasteiger partial charge in [-0.05, 0) is 12.1 Å². The average molecular weight is 206 g/mol. The van der Waals surface area contributed by atoms with Crippen molar-refractivity contribution in [3.8, 4) is 0 Å². The number of benzene rings is 1. The SMILES string of the molecule is CC.O=C1CC(=O)N(c2ccccc2)N1. The van der Waals surface area contributed by atoms with Crippen LogP contribution < -0.4 is 10.4 Å². The number of nitrogens with zero attached hydrogens (tertiary/aromatic N) is 1. The first-order valence-corrected chi connectivity index (χ1v) is 4.95. The molecule has 4 nitrogen and oxygen atoms in total. The van der Waals surface area contributed by atoms with Crippen LogP contribution in [0.5, 0.6) is 0 Å². The smallest absolute Gasteiger partial charge is 0.255 e. The van der Waals surface area contributed by atoms with Crippen LogP contribution in [0.2, 0.25) is 0 Å². The third-order valence-electron chi connectivity index (χ3n) is 1.81. The van der Waals surface area contributed by atoms with Gasteiger partial charge in [0.1, 0.15) is 6.42 Å². The molecule has 0 aliphatic carbocycles. The topological polar surface area (TPSA) is 49.4 Å². The summed E-state index contributed by atoms with van der Waals surface area (Å²) in [5.74, 6) is -0.468. The first kappa shape index (κ1) is 11.2. The van der Waals surface area contributed by atoms with Crippen molar-refractivity contribution in [3.05, 3.63) is 30.3 Å². The predicted octanol–water partition coefficient (Wildman–Crippen LogP) is 1.48. The number of carbonyl (C=O) groups excluding carboxylic acids is 2. The number of para-hydroxylation sites is 1.